The molecule has 0 spiro atoms. The second-order valence-electron chi connectivity index (χ2n) is 5.76. The van der Waals surface area contributed by atoms with E-state index < -0.39 is 0 Å². The maximum Gasteiger partial charge on any atom is 0.223 e. The van der Waals surface area contributed by atoms with E-state index in [1.54, 1.807) is 0 Å². The molecule has 1 aromatic carbocycles. The topological polar surface area (TPSA) is 75.4 Å². The predicted octanol–water partition coefficient (Wildman–Crippen LogP) is 2.30. The summed E-state index contributed by atoms with van der Waals surface area (Å²) in [7, 11) is 0. The van der Waals surface area contributed by atoms with E-state index >= 15 is 0 Å². The molecule has 1 aliphatic carbocycles. The van der Waals surface area contributed by atoms with Gasteiger partial charge in [0.2, 0.25) is 11.8 Å². The molecule has 1 fully saturated rings. The van der Waals surface area contributed by atoms with Crippen LogP contribution in [0.3, 0.4) is 0 Å². The van der Waals surface area contributed by atoms with Crippen molar-refractivity contribution in [3.05, 3.63) is 29.7 Å². The average Bonchev–Trinajstić information content (AvgIpc) is 2.89. The van der Waals surface area contributed by atoms with E-state index in [-0.39, 0.29) is 17.9 Å². The summed E-state index contributed by atoms with van der Waals surface area (Å²) < 4.78 is 5.63. The Morgan fingerprint density at radius 2 is 2.33 bits per heavy atom. The van der Waals surface area contributed by atoms with Crippen LogP contribution >= 0.6 is 0 Å². The summed E-state index contributed by atoms with van der Waals surface area (Å²) in [5.74, 6) is 0.400. The van der Waals surface area contributed by atoms with Crippen LogP contribution in [0.15, 0.2) is 22.6 Å². The van der Waals surface area contributed by atoms with Crippen LogP contribution in [0.5, 0.6) is 0 Å². The van der Waals surface area contributed by atoms with Crippen LogP contribution < -0.4 is 5.32 Å². The van der Waals surface area contributed by atoms with Crippen LogP contribution in [0, 0.1) is 12.8 Å². The Labute approximate surface area is 123 Å². The Bertz CT molecular complexity index is 650. The number of oxazole rings is 1. The SMILES string of the molecule is Cc1cccc2oc(CNC(=O)[C@H]3CCC[C@@H](O)C3)nc12. The first kappa shape index (κ1) is 14.1. The highest BCUT2D eigenvalue weighted by molar-refractivity contribution is 5.79. The van der Waals surface area contributed by atoms with Crippen molar-refractivity contribution in [1.82, 2.24) is 10.3 Å². The molecule has 2 N–H and O–H groups in total. The highest BCUT2D eigenvalue weighted by Gasteiger charge is 2.26. The average molecular weight is 288 g/mol. The molecule has 0 aliphatic heterocycles. The summed E-state index contributed by atoms with van der Waals surface area (Å²) in [5, 5.41) is 12.5. The standard InChI is InChI=1S/C16H20N2O3/c1-10-4-2-7-13-15(10)18-14(21-13)9-17-16(20)11-5-3-6-12(19)8-11/h2,4,7,11-12,19H,3,5-6,8-9H2,1H3,(H,17,20)/t11-,12+/m0/s1. The van der Waals surface area contributed by atoms with Crippen LogP contribution in [0.2, 0.25) is 0 Å². The van der Waals surface area contributed by atoms with Crippen molar-refractivity contribution in [1.29, 1.82) is 0 Å². The van der Waals surface area contributed by atoms with E-state index in [2.05, 4.69) is 10.3 Å². The van der Waals surface area contributed by atoms with Gasteiger partial charge in [0.05, 0.1) is 12.6 Å². The maximum absolute atomic E-state index is 12.1. The van der Waals surface area contributed by atoms with Crippen LogP contribution in [-0.2, 0) is 11.3 Å². The lowest BCUT2D eigenvalue weighted by molar-refractivity contribution is -0.127. The number of aliphatic hydroxyl groups excluding tert-OH is 1. The lowest BCUT2D eigenvalue weighted by atomic mass is 9.87. The minimum Gasteiger partial charge on any atom is -0.439 e. The van der Waals surface area contributed by atoms with E-state index in [1.165, 1.54) is 0 Å². The fraction of sp³-hybridized carbons (Fsp3) is 0.500. The predicted molar refractivity (Wildman–Crippen MR) is 78.6 cm³/mol. The third-order valence-corrected chi connectivity index (χ3v) is 4.10. The highest BCUT2D eigenvalue weighted by atomic mass is 16.3. The molecule has 5 heteroatoms. The van der Waals surface area contributed by atoms with E-state index in [0.717, 1.165) is 35.9 Å². The molecule has 0 radical (unpaired) electrons. The van der Waals surface area contributed by atoms with Crippen molar-refractivity contribution in [2.24, 2.45) is 5.92 Å². The fourth-order valence-electron chi connectivity index (χ4n) is 2.92. The molecule has 5 nitrogen and oxygen atoms in total. The van der Waals surface area contributed by atoms with Crippen molar-refractivity contribution >= 4 is 17.0 Å². The zero-order valence-electron chi connectivity index (χ0n) is 12.1. The van der Waals surface area contributed by atoms with Gasteiger partial charge in [-0.2, -0.15) is 0 Å². The molecule has 1 heterocycles. The normalized spacial score (nSPS) is 22.4. The molecule has 21 heavy (non-hydrogen) atoms. The first-order valence-electron chi connectivity index (χ1n) is 7.44. The zero-order valence-corrected chi connectivity index (χ0v) is 12.1. The molecule has 0 bridgehead atoms. The summed E-state index contributed by atoms with van der Waals surface area (Å²) in [4.78, 5) is 16.5. The van der Waals surface area contributed by atoms with Crippen LogP contribution in [-0.4, -0.2) is 22.1 Å². The lowest BCUT2D eigenvalue weighted by Crippen LogP contribution is -2.34. The van der Waals surface area contributed by atoms with E-state index in [0.29, 0.717) is 18.9 Å². The number of para-hydroxylation sites is 1. The molecule has 2 aromatic rings. The second-order valence-corrected chi connectivity index (χ2v) is 5.76. The van der Waals surface area contributed by atoms with Gasteiger partial charge in [0.1, 0.15) is 5.52 Å². The van der Waals surface area contributed by atoms with Crippen molar-refractivity contribution in [2.75, 3.05) is 0 Å². The van der Waals surface area contributed by atoms with Gasteiger partial charge in [0, 0.05) is 5.92 Å². The molecule has 1 aliphatic rings. The number of aryl methyl sites for hydroxylation is 1. The van der Waals surface area contributed by atoms with Gasteiger partial charge in [-0.1, -0.05) is 18.6 Å². The van der Waals surface area contributed by atoms with Crippen LogP contribution in [0.4, 0.5) is 0 Å². The minimum atomic E-state index is -0.346. The third kappa shape index (κ3) is 3.08. The molecule has 0 unspecified atom stereocenters. The monoisotopic (exact) mass is 288 g/mol. The van der Waals surface area contributed by atoms with Gasteiger partial charge in [-0.25, -0.2) is 4.98 Å². The lowest BCUT2D eigenvalue weighted by Gasteiger charge is -2.24. The van der Waals surface area contributed by atoms with Gasteiger partial charge in [0.25, 0.3) is 0 Å². The van der Waals surface area contributed by atoms with Gasteiger partial charge in [-0.3, -0.25) is 4.79 Å². The first-order valence-corrected chi connectivity index (χ1v) is 7.44. The first-order chi connectivity index (χ1) is 10.1. The number of hydrogen-bond acceptors (Lipinski definition) is 4. The molecule has 1 aromatic heterocycles. The quantitative estimate of drug-likeness (QED) is 0.908. The smallest absolute Gasteiger partial charge is 0.223 e. The molecule has 1 amide bonds. The number of carbonyl (C=O) groups is 1. The highest BCUT2D eigenvalue weighted by Crippen LogP contribution is 2.24. The number of carbonyl (C=O) groups excluding carboxylic acids is 1. The Kier molecular flexibility index (Phi) is 3.92. The number of nitrogens with zero attached hydrogens (tertiary/aromatic N) is 1. The molecular formula is C16H20N2O3. The molecule has 112 valence electrons. The molecule has 3 rings (SSSR count). The maximum atomic E-state index is 12.1. The second kappa shape index (κ2) is 5.85. The molecule has 2 atom stereocenters. The number of hydrogen-bond donors (Lipinski definition) is 2. The van der Waals surface area contributed by atoms with Crippen molar-refractivity contribution in [2.45, 2.75) is 45.3 Å². The Morgan fingerprint density at radius 1 is 1.48 bits per heavy atom. The third-order valence-electron chi connectivity index (χ3n) is 4.10. The minimum absolute atomic E-state index is 0.0206. The van der Waals surface area contributed by atoms with Gasteiger partial charge in [-0.15, -0.1) is 0 Å². The summed E-state index contributed by atoms with van der Waals surface area (Å²) in [5.41, 5.74) is 2.64. The summed E-state index contributed by atoms with van der Waals surface area (Å²) in [6.45, 7) is 2.27. The van der Waals surface area contributed by atoms with E-state index in [1.807, 2.05) is 25.1 Å². The Hall–Kier alpha value is -1.88. The molecule has 0 saturated heterocycles. The molecule has 1 saturated carbocycles. The number of nitrogens with one attached hydrogen (secondary N) is 1. The van der Waals surface area contributed by atoms with Gasteiger partial charge < -0.3 is 14.8 Å². The number of aromatic nitrogens is 1. The number of fused-ring (bicyclic) bond motifs is 1. The van der Waals surface area contributed by atoms with Gasteiger partial charge in [-0.05, 0) is 37.8 Å². The largest absolute Gasteiger partial charge is 0.439 e. The number of aliphatic hydroxyl groups is 1. The summed E-state index contributed by atoms with van der Waals surface area (Å²) in [6.07, 6.45) is 2.75. The van der Waals surface area contributed by atoms with Crippen molar-refractivity contribution < 1.29 is 14.3 Å². The Balaban J connectivity index is 1.63. The molecular weight excluding hydrogens is 268 g/mol. The zero-order chi connectivity index (χ0) is 14.8. The number of amides is 1. The Morgan fingerprint density at radius 3 is 3.10 bits per heavy atom. The van der Waals surface area contributed by atoms with Crippen molar-refractivity contribution in [3.8, 4) is 0 Å². The van der Waals surface area contributed by atoms with Gasteiger partial charge >= 0.3 is 0 Å². The van der Waals surface area contributed by atoms with E-state index in [9.17, 15) is 9.90 Å². The fourth-order valence-corrected chi connectivity index (χ4v) is 2.92. The van der Waals surface area contributed by atoms with Crippen molar-refractivity contribution in [3.63, 3.8) is 0 Å². The summed E-state index contributed by atoms with van der Waals surface area (Å²) in [6, 6.07) is 5.78. The number of rotatable bonds is 3. The van der Waals surface area contributed by atoms with Crippen LogP contribution in [0.1, 0.15) is 37.1 Å². The van der Waals surface area contributed by atoms with E-state index in [4.69, 9.17) is 4.42 Å². The summed E-state index contributed by atoms with van der Waals surface area (Å²) >= 11 is 0. The van der Waals surface area contributed by atoms with Gasteiger partial charge in [0.15, 0.2) is 5.58 Å². The number of benzene rings is 1. The van der Waals surface area contributed by atoms with Crippen LogP contribution in [0.25, 0.3) is 11.1 Å².